The van der Waals surface area contributed by atoms with Crippen molar-refractivity contribution in [1.29, 1.82) is 0 Å². The maximum Gasteiger partial charge on any atom is 0.0639 e. The molecule has 12 heavy (non-hydrogen) atoms. The van der Waals surface area contributed by atoms with E-state index >= 15 is 0 Å². The van der Waals surface area contributed by atoms with Crippen molar-refractivity contribution in [3.63, 3.8) is 0 Å². The molecule has 0 aliphatic rings. The standard InChI is InChI=1S/C9H22N2O/c1-3-4-6-11(7-5-10)8-9(2)12/h9,12H,3-8,10H2,1-2H3/t9-/m0/s1. The van der Waals surface area contributed by atoms with Gasteiger partial charge in [0, 0.05) is 19.6 Å². The zero-order chi connectivity index (χ0) is 9.40. The van der Waals surface area contributed by atoms with Crippen LogP contribution >= 0.6 is 0 Å². The Bertz CT molecular complexity index is 96.5. The van der Waals surface area contributed by atoms with Crippen LogP contribution in [0.2, 0.25) is 0 Å². The van der Waals surface area contributed by atoms with Crippen LogP contribution in [0.5, 0.6) is 0 Å². The van der Waals surface area contributed by atoms with Crippen LogP contribution < -0.4 is 5.73 Å². The van der Waals surface area contributed by atoms with Gasteiger partial charge < -0.3 is 10.8 Å². The lowest BCUT2D eigenvalue weighted by Gasteiger charge is -2.22. The van der Waals surface area contributed by atoms with E-state index in [9.17, 15) is 0 Å². The minimum absolute atomic E-state index is 0.242. The SMILES string of the molecule is CCCCN(CCN)C[C@H](C)O. The van der Waals surface area contributed by atoms with E-state index in [4.69, 9.17) is 10.8 Å². The Morgan fingerprint density at radius 2 is 2.08 bits per heavy atom. The van der Waals surface area contributed by atoms with Gasteiger partial charge in [-0.3, -0.25) is 4.90 Å². The molecular weight excluding hydrogens is 152 g/mol. The van der Waals surface area contributed by atoms with Crippen molar-refractivity contribution in [1.82, 2.24) is 4.90 Å². The quantitative estimate of drug-likeness (QED) is 0.588. The average Bonchev–Trinajstić information content (AvgIpc) is 2.00. The zero-order valence-electron chi connectivity index (χ0n) is 8.29. The van der Waals surface area contributed by atoms with E-state index in [1.807, 2.05) is 6.92 Å². The van der Waals surface area contributed by atoms with E-state index in [0.717, 1.165) is 19.6 Å². The van der Waals surface area contributed by atoms with Crippen molar-refractivity contribution in [2.75, 3.05) is 26.2 Å². The lowest BCUT2D eigenvalue weighted by Crippen LogP contribution is -2.35. The molecule has 0 aromatic heterocycles. The normalized spacial score (nSPS) is 13.8. The Kier molecular flexibility index (Phi) is 7.45. The Balaban J connectivity index is 3.54. The van der Waals surface area contributed by atoms with Gasteiger partial charge in [0.2, 0.25) is 0 Å². The van der Waals surface area contributed by atoms with Crippen LogP contribution in [0.15, 0.2) is 0 Å². The first-order chi connectivity index (χ1) is 5.70. The van der Waals surface area contributed by atoms with Crippen molar-refractivity contribution < 1.29 is 5.11 Å². The highest BCUT2D eigenvalue weighted by Gasteiger charge is 2.05. The molecule has 0 radical (unpaired) electrons. The number of nitrogens with zero attached hydrogens (tertiary/aromatic N) is 1. The molecule has 3 nitrogen and oxygen atoms in total. The van der Waals surface area contributed by atoms with Gasteiger partial charge in [-0.2, -0.15) is 0 Å². The van der Waals surface area contributed by atoms with Gasteiger partial charge in [-0.05, 0) is 19.9 Å². The van der Waals surface area contributed by atoms with E-state index < -0.39 is 0 Å². The van der Waals surface area contributed by atoms with Crippen molar-refractivity contribution in [3.8, 4) is 0 Å². The number of hydrogen-bond donors (Lipinski definition) is 2. The van der Waals surface area contributed by atoms with Gasteiger partial charge in [-0.25, -0.2) is 0 Å². The van der Waals surface area contributed by atoms with Crippen LogP contribution in [0.3, 0.4) is 0 Å². The van der Waals surface area contributed by atoms with Crippen LogP contribution in [0, 0.1) is 0 Å². The largest absolute Gasteiger partial charge is 0.392 e. The molecule has 3 heteroatoms. The van der Waals surface area contributed by atoms with Crippen LogP contribution in [-0.2, 0) is 0 Å². The van der Waals surface area contributed by atoms with E-state index in [0.29, 0.717) is 6.54 Å². The molecular formula is C9H22N2O. The van der Waals surface area contributed by atoms with Gasteiger partial charge in [-0.1, -0.05) is 13.3 Å². The minimum Gasteiger partial charge on any atom is -0.392 e. The molecule has 0 heterocycles. The summed E-state index contributed by atoms with van der Waals surface area (Å²) in [6, 6.07) is 0. The Hall–Kier alpha value is -0.120. The summed E-state index contributed by atoms with van der Waals surface area (Å²) in [5.74, 6) is 0. The number of aliphatic hydroxyl groups excluding tert-OH is 1. The second kappa shape index (κ2) is 7.53. The predicted molar refractivity (Wildman–Crippen MR) is 52.1 cm³/mol. The Labute approximate surface area is 75.6 Å². The lowest BCUT2D eigenvalue weighted by atomic mass is 10.3. The summed E-state index contributed by atoms with van der Waals surface area (Å²) in [5.41, 5.74) is 5.45. The van der Waals surface area contributed by atoms with Gasteiger partial charge in [-0.15, -0.1) is 0 Å². The molecule has 74 valence electrons. The zero-order valence-corrected chi connectivity index (χ0v) is 8.29. The Morgan fingerprint density at radius 1 is 1.42 bits per heavy atom. The number of aliphatic hydroxyl groups is 1. The third kappa shape index (κ3) is 6.58. The third-order valence-electron chi connectivity index (χ3n) is 1.80. The van der Waals surface area contributed by atoms with Crippen molar-refractivity contribution in [2.45, 2.75) is 32.8 Å². The first-order valence-corrected chi connectivity index (χ1v) is 4.81. The number of nitrogens with two attached hydrogens (primary N) is 1. The Morgan fingerprint density at radius 3 is 2.50 bits per heavy atom. The van der Waals surface area contributed by atoms with Crippen LogP contribution in [0.25, 0.3) is 0 Å². The highest BCUT2D eigenvalue weighted by Crippen LogP contribution is 1.96. The predicted octanol–water partition coefficient (Wildman–Crippen LogP) is 0.428. The molecule has 0 aromatic carbocycles. The molecule has 0 saturated heterocycles. The van der Waals surface area contributed by atoms with Crippen molar-refractivity contribution in [3.05, 3.63) is 0 Å². The summed E-state index contributed by atoms with van der Waals surface area (Å²) in [7, 11) is 0. The molecule has 0 aliphatic carbocycles. The van der Waals surface area contributed by atoms with E-state index in [2.05, 4.69) is 11.8 Å². The summed E-state index contributed by atoms with van der Waals surface area (Å²) < 4.78 is 0. The van der Waals surface area contributed by atoms with Crippen LogP contribution in [-0.4, -0.2) is 42.3 Å². The number of hydrogen-bond acceptors (Lipinski definition) is 3. The van der Waals surface area contributed by atoms with Crippen molar-refractivity contribution in [2.24, 2.45) is 5.73 Å². The first kappa shape index (κ1) is 11.9. The molecule has 0 aromatic rings. The minimum atomic E-state index is -0.242. The van der Waals surface area contributed by atoms with Gasteiger partial charge in [0.25, 0.3) is 0 Å². The summed E-state index contributed by atoms with van der Waals surface area (Å²) in [4.78, 5) is 2.22. The molecule has 0 bridgehead atoms. The highest BCUT2D eigenvalue weighted by molar-refractivity contribution is 4.61. The molecule has 0 saturated carbocycles. The molecule has 3 N–H and O–H groups in total. The summed E-state index contributed by atoms with van der Waals surface area (Å²) in [6.45, 7) is 7.36. The number of rotatable bonds is 7. The van der Waals surface area contributed by atoms with E-state index in [1.54, 1.807) is 0 Å². The smallest absolute Gasteiger partial charge is 0.0639 e. The topological polar surface area (TPSA) is 49.5 Å². The fraction of sp³-hybridized carbons (Fsp3) is 1.00. The second-order valence-electron chi connectivity index (χ2n) is 3.29. The molecule has 1 atom stereocenters. The highest BCUT2D eigenvalue weighted by atomic mass is 16.3. The summed E-state index contributed by atoms with van der Waals surface area (Å²) in [5, 5.41) is 9.17. The molecule has 0 fully saturated rings. The molecule has 0 amide bonds. The third-order valence-corrected chi connectivity index (χ3v) is 1.80. The van der Waals surface area contributed by atoms with E-state index in [1.165, 1.54) is 12.8 Å². The fourth-order valence-electron chi connectivity index (χ4n) is 1.23. The summed E-state index contributed by atoms with van der Waals surface area (Å²) >= 11 is 0. The maximum absolute atomic E-state index is 9.17. The first-order valence-electron chi connectivity index (χ1n) is 4.81. The monoisotopic (exact) mass is 174 g/mol. The van der Waals surface area contributed by atoms with Crippen molar-refractivity contribution >= 4 is 0 Å². The maximum atomic E-state index is 9.17. The molecule has 0 unspecified atom stereocenters. The summed E-state index contributed by atoms with van der Waals surface area (Å²) in [6.07, 6.45) is 2.14. The van der Waals surface area contributed by atoms with Crippen LogP contribution in [0.1, 0.15) is 26.7 Å². The fourth-order valence-corrected chi connectivity index (χ4v) is 1.23. The molecule has 0 spiro atoms. The van der Waals surface area contributed by atoms with Gasteiger partial charge in [0.15, 0.2) is 0 Å². The number of unbranched alkanes of at least 4 members (excludes halogenated alkanes) is 1. The van der Waals surface area contributed by atoms with Gasteiger partial charge in [0.05, 0.1) is 6.10 Å². The van der Waals surface area contributed by atoms with Gasteiger partial charge in [0.1, 0.15) is 0 Å². The van der Waals surface area contributed by atoms with E-state index in [-0.39, 0.29) is 6.10 Å². The average molecular weight is 174 g/mol. The molecule has 0 rings (SSSR count). The second-order valence-corrected chi connectivity index (χ2v) is 3.29. The molecule has 0 aliphatic heterocycles. The van der Waals surface area contributed by atoms with Crippen LogP contribution in [0.4, 0.5) is 0 Å². The lowest BCUT2D eigenvalue weighted by molar-refractivity contribution is 0.127. The van der Waals surface area contributed by atoms with Gasteiger partial charge >= 0.3 is 0 Å².